The summed E-state index contributed by atoms with van der Waals surface area (Å²) in [5, 5.41) is 17.6. The average Bonchev–Trinajstić information content (AvgIpc) is 3.41. The van der Waals surface area contributed by atoms with Crippen LogP contribution in [0.3, 0.4) is 0 Å². The van der Waals surface area contributed by atoms with Gasteiger partial charge in [0, 0.05) is 29.8 Å². The molecule has 7 heteroatoms. The zero-order chi connectivity index (χ0) is 21.2. The van der Waals surface area contributed by atoms with Crippen LogP contribution in [0.15, 0.2) is 42.5 Å². The van der Waals surface area contributed by atoms with Gasteiger partial charge in [0.15, 0.2) is 0 Å². The average molecular weight is 434 g/mol. The van der Waals surface area contributed by atoms with Crippen molar-refractivity contribution in [2.75, 3.05) is 18.4 Å². The van der Waals surface area contributed by atoms with Crippen LogP contribution in [-0.2, 0) is 6.42 Å². The molecule has 0 amide bonds. The summed E-state index contributed by atoms with van der Waals surface area (Å²) in [7, 11) is 0. The van der Waals surface area contributed by atoms with Gasteiger partial charge in [-0.1, -0.05) is 35.6 Å². The Labute approximate surface area is 186 Å². The second kappa shape index (κ2) is 8.77. The fourth-order valence-corrected chi connectivity index (χ4v) is 4.94. The Morgan fingerprint density at radius 3 is 2.97 bits per heavy atom. The maximum absolute atomic E-state index is 5.79. The number of hydrogen-bond acceptors (Lipinski definition) is 7. The van der Waals surface area contributed by atoms with Gasteiger partial charge in [0.2, 0.25) is 11.0 Å². The minimum Gasteiger partial charge on any atom is -0.475 e. The third kappa shape index (κ3) is 4.48. The number of benzene rings is 1. The Hall–Kier alpha value is -2.77. The fourth-order valence-electron chi connectivity index (χ4n) is 4.12. The molecule has 0 saturated carbocycles. The summed E-state index contributed by atoms with van der Waals surface area (Å²) in [6.07, 6.45) is 5.63. The van der Waals surface area contributed by atoms with Crippen molar-refractivity contribution in [3.63, 3.8) is 0 Å². The van der Waals surface area contributed by atoms with Crippen molar-refractivity contribution in [1.29, 1.82) is 0 Å². The number of fused-ring (bicyclic) bond motifs is 1. The van der Waals surface area contributed by atoms with E-state index in [1.807, 2.05) is 32.0 Å². The maximum atomic E-state index is 5.79. The quantitative estimate of drug-likeness (QED) is 0.595. The van der Waals surface area contributed by atoms with Crippen LogP contribution in [0.4, 0.5) is 5.13 Å². The minimum absolute atomic E-state index is 0.101. The molecule has 6 nitrogen and oxygen atoms in total. The van der Waals surface area contributed by atoms with E-state index in [1.165, 1.54) is 24.0 Å². The van der Waals surface area contributed by atoms with Gasteiger partial charge in [0.1, 0.15) is 5.01 Å². The first-order valence-corrected chi connectivity index (χ1v) is 11.8. The predicted octanol–water partition coefficient (Wildman–Crippen LogP) is 4.54. The molecule has 0 unspecified atom stereocenters. The highest BCUT2D eigenvalue weighted by atomic mass is 32.1. The van der Waals surface area contributed by atoms with Crippen LogP contribution >= 0.6 is 11.3 Å². The van der Waals surface area contributed by atoms with Crippen LogP contribution in [0.2, 0.25) is 0 Å². The molecule has 2 aliphatic rings. The van der Waals surface area contributed by atoms with Crippen LogP contribution in [-0.4, -0.2) is 40.4 Å². The molecule has 2 N–H and O–H groups in total. The molecular weight excluding hydrogens is 406 g/mol. The Bertz CT molecular complexity index is 1100. The van der Waals surface area contributed by atoms with Crippen LogP contribution in [0.5, 0.6) is 5.88 Å². The van der Waals surface area contributed by atoms with Gasteiger partial charge in [0.05, 0.1) is 11.8 Å². The van der Waals surface area contributed by atoms with E-state index in [9.17, 15) is 0 Å². The topological polar surface area (TPSA) is 72.0 Å². The maximum Gasteiger partial charge on any atom is 0.214 e. The molecule has 1 aromatic carbocycles. The number of nitrogens with zero attached hydrogens (tertiary/aromatic N) is 3. The van der Waals surface area contributed by atoms with Gasteiger partial charge in [0.25, 0.3) is 0 Å². The first-order chi connectivity index (χ1) is 15.2. The number of anilines is 1. The summed E-state index contributed by atoms with van der Waals surface area (Å²) in [5.41, 5.74) is 5.72. The van der Waals surface area contributed by atoms with Crippen molar-refractivity contribution >= 4 is 22.0 Å². The number of ether oxygens (including phenoxy) is 1. The number of rotatable bonds is 6. The number of hydrogen-bond donors (Lipinski definition) is 2. The van der Waals surface area contributed by atoms with Crippen LogP contribution in [0.25, 0.3) is 16.1 Å². The summed E-state index contributed by atoms with van der Waals surface area (Å²) in [4.78, 5) is 4.73. The van der Waals surface area contributed by atoms with Crippen molar-refractivity contribution in [2.24, 2.45) is 0 Å². The lowest BCUT2D eigenvalue weighted by molar-refractivity contribution is 0.232. The third-order valence-electron chi connectivity index (χ3n) is 5.58. The van der Waals surface area contributed by atoms with Gasteiger partial charge < -0.3 is 15.4 Å². The monoisotopic (exact) mass is 433 g/mol. The number of allylic oxidation sites excluding steroid dienone is 1. The lowest BCUT2D eigenvalue weighted by Gasteiger charge is -2.23. The van der Waals surface area contributed by atoms with Gasteiger partial charge in [-0.3, -0.25) is 0 Å². The Kier molecular flexibility index (Phi) is 5.70. The molecule has 31 heavy (non-hydrogen) atoms. The molecule has 0 radical (unpaired) electrons. The summed E-state index contributed by atoms with van der Waals surface area (Å²) in [5.74, 6) is 0.662. The van der Waals surface area contributed by atoms with E-state index in [0.29, 0.717) is 11.9 Å². The minimum atomic E-state index is 0.101. The second-order valence-corrected chi connectivity index (χ2v) is 9.30. The predicted molar refractivity (Wildman–Crippen MR) is 126 cm³/mol. The Morgan fingerprint density at radius 2 is 2.13 bits per heavy atom. The van der Waals surface area contributed by atoms with E-state index in [4.69, 9.17) is 9.72 Å². The first-order valence-electron chi connectivity index (χ1n) is 10.9. The smallest absolute Gasteiger partial charge is 0.214 e. The molecule has 1 aliphatic heterocycles. The van der Waals surface area contributed by atoms with E-state index in [0.717, 1.165) is 46.5 Å². The molecule has 0 bridgehead atoms. The van der Waals surface area contributed by atoms with Crippen LogP contribution < -0.4 is 15.4 Å². The molecular formula is C24H27N5OS. The molecule has 3 heterocycles. The van der Waals surface area contributed by atoms with Gasteiger partial charge in [-0.15, -0.1) is 10.2 Å². The zero-order valence-electron chi connectivity index (χ0n) is 17.9. The van der Waals surface area contributed by atoms with Gasteiger partial charge in [-0.25, -0.2) is 4.98 Å². The fraction of sp³-hybridized carbons (Fsp3) is 0.375. The van der Waals surface area contributed by atoms with Gasteiger partial charge in [-0.05, 0) is 62.9 Å². The van der Waals surface area contributed by atoms with Crippen molar-refractivity contribution in [2.45, 2.75) is 45.3 Å². The molecule has 1 fully saturated rings. The van der Waals surface area contributed by atoms with Gasteiger partial charge in [-0.2, -0.15) is 0 Å². The van der Waals surface area contributed by atoms with Crippen molar-refractivity contribution in [3.05, 3.63) is 59.3 Å². The standard InChI is InChI=1S/C24H27N5OS/c1-15(2)30-22-7-3-6-21(27-22)19-11-10-16-8-9-17(13-20(16)19)23-28-29-24(31-23)26-18-5-4-12-25-14-18/h3,6-9,11,13,15,18,25H,4-5,10,12,14H2,1-2H3,(H,26,29)/t18-/m1/s1. The molecule has 1 saturated heterocycles. The summed E-state index contributed by atoms with van der Waals surface area (Å²) in [6.45, 7) is 6.11. The molecule has 2 aromatic heterocycles. The number of nitrogens with one attached hydrogen (secondary N) is 2. The molecule has 1 atom stereocenters. The lowest BCUT2D eigenvalue weighted by Crippen LogP contribution is -2.38. The Balaban J connectivity index is 1.38. The van der Waals surface area contributed by atoms with E-state index in [1.54, 1.807) is 11.3 Å². The van der Waals surface area contributed by atoms with Crippen molar-refractivity contribution < 1.29 is 4.74 Å². The van der Waals surface area contributed by atoms with E-state index in [2.05, 4.69) is 45.1 Å². The SMILES string of the molecule is CC(C)Oc1cccc(C2=CCc3ccc(-c4nnc(N[C@@H]5CCCNC5)s4)cc32)n1. The summed E-state index contributed by atoms with van der Waals surface area (Å²) < 4.78 is 5.79. The summed E-state index contributed by atoms with van der Waals surface area (Å²) in [6, 6.07) is 13.0. The van der Waals surface area contributed by atoms with E-state index >= 15 is 0 Å². The highest BCUT2D eigenvalue weighted by Crippen LogP contribution is 2.36. The van der Waals surface area contributed by atoms with Crippen molar-refractivity contribution in [1.82, 2.24) is 20.5 Å². The summed E-state index contributed by atoms with van der Waals surface area (Å²) >= 11 is 1.62. The number of pyridine rings is 1. The number of aromatic nitrogens is 3. The molecule has 0 spiro atoms. The van der Waals surface area contributed by atoms with Crippen LogP contribution in [0.1, 0.15) is 43.5 Å². The molecule has 1 aliphatic carbocycles. The van der Waals surface area contributed by atoms with E-state index < -0.39 is 0 Å². The lowest BCUT2D eigenvalue weighted by atomic mass is 10.0. The normalized spacial score (nSPS) is 18.0. The third-order valence-corrected chi connectivity index (χ3v) is 6.48. The first kappa shape index (κ1) is 20.2. The Morgan fingerprint density at radius 1 is 1.19 bits per heavy atom. The van der Waals surface area contributed by atoms with Crippen molar-refractivity contribution in [3.8, 4) is 16.5 Å². The second-order valence-electron chi connectivity index (χ2n) is 8.32. The molecule has 3 aromatic rings. The largest absolute Gasteiger partial charge is 0.475 e. The van der Waals surface area contributed by atoms with E-state index in [-0.39, 0.29) is 6.10 Å². The zero-order valence-corrected chi connectivity index (χ0v) is 18.7. The van der Waals surface area contributed by atoms with Gasteiger partial charge >= 0.3 is 0 Å². The molecule has 160 valence electrons. The highest BCUT2D eigenvalue weighted by molar-refractivity contribution is 7.18. The van der Waals surface area contributed by atoms with Crippen LogP contribution in [0, 0.1) is 0 Å². The highest BCUT2D eigenvalue weighted by Gasteiger charge is 2.20. The number of piperidine rings is 1. The molecule has 5 rings (SSSR count).